The van der Waals surface area contributed by atoms with Crippen molar-refractivity contribution in [3.8, 4) is 0 Å². The third kappa shape index (κ3) is 3.58. The third-order valence-corrected chi connectivity index (χ3v) is 3.24. The molecule has 20 heavy (non-hydrogen) atoms. The van der Waals surface area contributed by atoms with Gasteiger partial charge in [0.1, 0.15) is 5.71 Å². The van der Waals surface area contributed by atoms with Gasteiger partial charge in [0.15, 0.2) is 0 Å². The summed E-state index contributed by atoms with van der Waals surface area (Å²) >= 11 is 1.63. The van der Waals surface area contributed by atoms with Crippen LogP contribution in [0.4, 0.5) is 0 Å². The van der Waals surface area contributed by atoms with Crippen molar-refractivity contribution in [3.05, 3.63) is 59.9 Å². The third-order valence-electron chi connectivity index (χ3n) is 2.53. The summed E-state index contributed by atoms with van der Waals surface area (Å²) in [4.78, 5) is 5.49. The molecule has 5 nitrogen and oxygen atoms in total. The van der Waals surface area contributed by atoms with Crippen LogP contribution in [-0.2, 0) is 0 Å². The smallest absolute Gasteiger partial charge is 0.211 e. The Morgan fingerprint density at radius 1 is 1.05 bits per heavy atom. The van der Waals surface area contributed by atoms with Gasteiger partial charge in [-0.15, -0.1) is 22.0 Å². The Hall–Kier alpha value is -2.34. The highest BCUT2D eigenvalue weighted by molar-refractivity contribution is 7.98. The second-order valence-electron chi connectivity index (χ2n) is 3.92. The molecular weight excluding hydrogens is 270 g/mol. The molecular formula is C14H15N5S. The van der Waals surface area contributed by atoms with Crippen molar-refractivity contribution in [3.63, 3.8) is 0 Å². The fraction of sp³-hybridized carbons (Fsp3) is 0.0714. The predicted octanol–water partition coefficient (Wildman–Crippen LogP) is 1.83. The molecule has 0 fully saturated rings. The van der Waals surface area contributed by atoms with Crippen molar-refractivity contribution in [1.29, 1.82) is 0 Å². The number of nitrogens with zero attached hydrogens (tertiary/aromatic N) is 3. The number of thioether (sulfide) groups is 1. The molecule has 0 amide bonds. The number of benzene rings is 1. The monoisotopic (exact) mass is 285 g/mol. The minimum Gasteiger partial charge on any atom is -0.369 e. The van der Waals surface area contributed by atoms with Crippen molar-refractivity contribution in [2.24, 2.45) is 21.7 Å². The minimum atomic E-state index is -0.0841. The maximum Gasteiger partial charge on any atom is 0.211 e. The van der Waals surface area contributed by atoms with Gasteiger partial charge in [-0.2, -0.15) is 0 Å². The molecule has 102 valence electrons. The van der Waals surface area contributed by atoms with Gasteiger partial charge >= 0.3 is 0 Å². The van der Waals surface area contributed by atoms with E-state index in [1.165, 1.54) is 0 Å². The van der Waals surface area contributed by atoms with Crippen LogP contribution < -0.4 is 11.5 Å². The lowest BCUT2D eigenvalue weighted by atomic mass is 10.1. The van der Waals surface area contributed by atoms with Crippen LogP contribution in [0.25, 0.3) is 0 Å². The lowest BCUT2D eigenvalue weighted by molar-refractivity contribution is 1.16. The van der Waals surface area contributed by atoms with Crippen molar-refractivity contribution >= 4 is 23.4 Å². The van der Waals surface area contributed by atoms with Crippen molar-refractivity contribution in [2.75, 3.05) is 6.26 Å². The zero-order valence-electron chi connectivity index (χ0n) is 11.0. The van der Waals surface area contributed by atoms with E-state index in [4.69, 9.17) is 11.5 Å². The van der Waals surface area contributed by atoms with E-state index in [-0.39, 0.29) is 5.96 Å². The van der Waals surface area contributed by atoms with E-state index in [9.17, 15) is 0 Å². The van der Waals surface area contributed by atoms with Gasteiger partial charge in [0.25, 0.3) is 0 Å². The molecule has 4 N–H and O–H groups in total. The van der Waals surface area contributed by atoms with E-state index < -0.39 is 0 Å². The van der Waals surface area contributed by atoms with E-state index in [2.05, 4.69) is 15.2 Å². The molecule has 6 heteroatoms. The average Bonchev–Trinajstić information content (AvgIpc) is 2.49. The molecule has 0 radical (unpaired) electrons. The molecule has 2 rings (SSSR count). The van der Waals surface area contributed by atoms with Crippen LogP contribution in [0.15, 0.2) is 63.8 Å². The van der Waals surface area contributed by atoms with E-state index >= 15 is 0 Å². The summed E-state index contributed by atoms with van der Waals surface area (Å²) in [5.41, 5.74) is 12.9. The van der Waals surface area contributed by atoms with E-state index in [1.54, 1.807) is 18.0 Å². The molecule has 2 aromatic rings. The highest BCUT2D eigenvalue weighted by atomic mass is 32.2. The summed E-state index contributed by atoms with van der Waals surface area (Å²) in [6.07, 6.45) is 3.80. The van der Waals surface area contributed by atoms with Gasteiger partial charge in [-0.1, -0.05) is 30.3 Å². The fourth-order valence-electron chi connectivity index (χ4n) is 1.60. The van der Waals surface area contributed by atoms with Gasteiger partial charge in [0.2, 0.25) is 5.96 Å². The summed E-state index contributed by atoms with van der Waals surface area (Å²) in [5, 5.41) is 7.84. The molecule has 1 aromatic carbocycles. The zero-order chi connectivity index (χ0) is 14.4. The molecule has 0 unspecified atom stereocenters. The van der Waals surface area contributed by atoms with Crippen LogP contribution in [-0.4, -0.2) is 22.9 Å². The lowest BCUT2D eigenvalue weighted by Crippen LogP contribution is -2.22. The van der Waals surface area contributed by atoms with Gasteiger partial charge < -0.3 is 11.5 Å². The van der Waals surface area contributed by atoms with Crippen LogP contribution in [0.2, 0.25) is 0 Å². The van der Waals surface area contributed by atoms with E-state index in [0.717, 1.165) is 16.2 Å². The number of pyridine rings is 1. The Kier molecular flexibility index (Phi) is 4.73. The predicted molar refractivity (Wildman–Crippen MR) is 83.9 cm³/mol. The molecule has 1 heterocycles. The number of guanidine groups is 1. The molecule has 1 aromatic heterocycles. The first-order valence-corrected chi connectivity index (χ1v) is 7.15. The SMILES string of the molecule is CSc1ccc(/C(=N\N=C(N)N)c2ccccc2)nc1. The number of hydrogen-bond acceptors (Lipinski definition) is 4. The summed E-state index contributed by atoms with van der Waals surface area (Å²) < 4.78 is 0. The molecule has 0 saturated carbocycles. The Morgan fingerprint density at radius 3 is 2.35 bits per heavy atom. The second kappa shape index (κ2) is 6.72. The highest BCUT2D eigenvalue weighted by Gasteiger charge is 2.08. The Labute approximate surface area is 121 Å². The summed E-state index contributed by atoms with van der Waals surface area (Å²) in [6, 6.07) is 13.6. The Bertz CT molecular complexity index is 616. The largest absolute Gasteiger partial charge is 0.369 e. The van der Waals surface area contributed by atoms with Gasteiger partial charge in [0.05, 0.1) is 5.69 Å². The lowest BCUT2D eigenvalue weighted by Gasteiger charge is -2.05. The quantitative estimate of drug-likeness (QED) is 0.388. The topological polar surface area (TPSA) is 89.6 Å². The molecule has 0 saturated heterocycles. The number of nitrogens with two attached hydrogens (primary N) is 2. The van der Waals surface area contributed by atoms with Crippen molar-refractivity contribution in [1.82, 2.24) is 4.98 Å². The average molecular weight is 285 g/mol. The van der Waals surface area contributed by atoms with Crippen molar-refractivity contribution in [2.45, 2.75) is 4.90 Å². The highest BCUT2D eigenvalue weighted by Crippen LogP contribution is 2.15. The standard InChI is InChI=1S/C14H15N5S/c1-20-11-7-8-12(17-9-11)13(18-19-14(15)16)10-5-3-2-4-6-10/h2-9H,1H3,(H4,15,16,19)/b18-13-. The molecule has 0 aliphatic heterocycles. The molecule has 0 aliphatic rings. The van der Waals surface area contributed by atoms with Gasteiger partial charge in [0, 0.05) is 16.7 Å². The second-order valence-corrected chi connectivity index (χ2v) is 4.80. The van der Waals surface area contributed by atoms with Crippen LogP contribution >= 0.6 is 11.8 Å². The number of rotatable bonds is 4. The first-order valence-electron chi connectivity index (χ1n) is 5.93. The molecule has 0 bridgehead atoms. The Balaban J connectivity index is 2.46. The summed E-state index contributed by atoms with van der Waals surface area (Å²) in [7, 11) is 0. The normalized spacial score (nSPS) is 11.2. The van der Waals surface area contributed by atoms with Crippen LogP contribution in [0, 0.1) is 0 Å². The number of aromatic nitrogens is 1. The first kappa shape index (κ1) is 14.1. The molecule has 0 spiro atoms. The fourth-order valence-corrected chi connectivity index (χ4v) is 1.96. The number of hydrogen-bond donors (Lipinski definition) is 2. The van der Waals surface area contributed by atoms with Crippen LogP contribution in [0.1, 0.15) is 11.3 Å². The van der Waals surface area contributed by atoms with Gasteiger partial charge in [-0.25, -0.2) is 0 Å². The molecule has 0 aliphatic carbocycles. The molecule has 0 atom stereocenters. The maximum absolute atomic E-state index is 5.34. The van der Waals surface area contributed by atoms with Crippen LogP contribution in [0.5, 0.6) is 0 Å². The zero-order valence-corrected chi connectivity index (χ0v) is 11.8. The summed E-state index contributed by atoms with van der Waals surface area (Å²) in [6.45, 7) is 0. The van der Waals surface area contributed by atoms with E-state index in [1.807, 2.05) is 48.7 Å². The van der Waals surface area contributed by atoms with Gasteiger partial charge in [-0.3, -0.25) is 4.98 Å². The maximum atomic E-state index is 5.34. The van der Waals surface area contributed by atoms with Crippen LogP contribution in [0.3, 0.4) is 0 Å². The van der Waals surface area contributed by atoms with Gasteiger partial charge in [-0.05, 0) is 18.4 Å². The Morgan fingerprint density at radius 2 is 1.80 bits per heavy atom. The van der Waals surface area contributed by atoms with Crippen molar-refractivity contribution < 1.29 is 0 Å². The minimum absolute atomic E-state index is 0.0841. The first-order chi connectivity index (χ1) is 9.70. The van der Waals surface area contributed by atoms with E-state index in [0.29, 0.717) is 5.71 Å². The summed E-state index contributed by atoms with van der Waals surface area (Å²) in [5.74, 6) is -0.0841.